The van der Waals surface area contributed by atoms with E-state index < -0.39 is 21.8 Å². The SMILES string of the molecule is CCc1ccc(NC(=O)c2ccc(N3C(=O)CCS3(=O)=O)cc2Cl)cc1. The van der Waals surface area contributed by atoms with Crippen molar-refractivity contribution < 1.29 is 18.0 Å². The Balaban J connectivity index is 1.83. The van der Waals surface area contributed by atoms with E-state index in [0.717, 1.165) is 16.3 Å². The number of anilines is 2. The number of benzene rings is 2. The fourth-order valence-corrected chi connectivity index (χ4v) is 4.42. The topological polar surface area (TPSA) is 83.6 Å². The minimum Gasteiger partial charge on any atom is -0.322 e. The van der Waals surface area contributed by atoms with E-state index in [-0.39, 0.29) is 28.4 Å². The van der Waals surface area contributed by atoms with Gasteiger partial charge in [0.25, 0.3) is 5.91 Å². The predicted molar refractivity (Wildman–Crippen MR) is 101 cm³/mol. The van der Waals surface area contributed by atoms with Crippen LogP contribution in [0.5, 0.6) is 0 Å². The molecule has 0 atom stereocenters. The van der Waals surface area contributed by atoms with Gasteiger partial charge in [0.1, 0.15) is 0 Å². The molecule has 26 heavy (non-hydrogen) atoms. The molecule has 0 unspecified atom stereocenters. The fraction of sp³-hybridized carbons (Fsp3) is 0.222. The van der Waals surface area contributed by atoms with E-state index in [1.54, 1.807) is 12.1 Å². The van der Waals surface area contributed by atoms with Gasteiger partial charge in [0.15, 0.2) is 0 Å². The molecule has 0 saturated carbocycles. The lowest BCUT2D eigenvalue weighted by Crippen LogP contribution is -2.29. The highest BCUT2D eigenvalue weighted by Gasteiger charge is 2.36. The maximum Gasteiger partial charge on any atom is 0.257 e. The van der Waals surface area contributed by atoms with Crippen molar-refractivity contribution in [3.8, 4) is 0 Å². The molecule has 8 heteroatoms. The van der Waals surface area contributed by atoms with Crippen molar-refractivity contribution in [1.82, 2.24) is 0 Å². The monoisotopic (exact) mass is 392 g/mol. The molecule has 2 aromatic rings. The average Bonchev–Trinajstić information content (AvgIpc) is 2.88. The van der Waals surface area contributed by atoms with Crippen molar-refractivity contribution >= 4 is 44.8 Å². The second kappa shape index (κ2) is 7.09. The molecular weight excluding hydrogens is 376 g/mol. The van der Waals surface area contributed by atoms with Crippen LogP contribution in [-0.2, 0) is 21.2 Å². The summed E-state index contributed by atoms with van der Waals surface area (Å²) in [6, 6.07) is 11.6. The minimum atomic E-state index is -3.67. The number of amides is 2. The highest BCUT2D eigenvalue weighted by Crippen LogP contribution is 2.29. The Hall–Kier alpha value is -2.38. The van der Waals surface area contributed by atoms with Gasteiger partial charge in [0.2, 0.25) is 15.9 Å². The molecule has 1 fully saturated rings. The van der Waals surface area contributed by atoms with Crippen LogP contribution in [0.2, 0.25) is 5.02 Å². The number of hydrogen-bond acceptors (Lipinski definition) is 4. The molecule has 1 N–H and O–H groups in total. The third-order valence-corrected chi connectivity index (χ3v) is 6.13. The molecule has 1 heterocycles. The second-order valence-electron chi connectivity index (χ2n) is 5.89. The van der Waals surface area contributed by atoms with E-state index >= 15 is 0 Å². The summed E-state index contributed by atoms with van der Waals surface area (Å²) < 4.78 is 24.7. The van der Waals surface area contributed by atoms with Crippen LogP contribution in [-0.4, -0.2) is 26.0 Å². The zero-order valence-electron chi connectivity index (χ0n) is 14.0. The zero-order chi connectivity index (χ0) is 18.9. The summed E-state index contributed by atoms with van der Waals surface area (Å²) in [7, 11) is -3.67. The van der Waals surface area contributed by atoms with E-state index in [1.165, 1.54) is 18.2 Å². The number of nitrogens with zero attached hydrogens (tertiary/aromatic N) is 1. The van der Waals surface area contributed by atoms with Crippen LogP contribution in [0.4, 0.5) is 11.4 Å². The van der Waals surface area contributed by atoms with Crippen molar-refractivity contribution in [2.75, 3.05) is 15.4 Å². The molecule has 2 aromatic carbocycles. The van der Waals surface area contributed by atoms with E-state index in [0.29, 0.717) is 5.69 Å². The Morgan fingerprint density at radius 1 is 1.19 bits per heavy atom. The van der Waals surface area contributed by atoms with E-state index in [2.05, 4.69) is 5.32 Å². The smallest absolute Gasteiger partial charge is 0.257 e. The van der Waals surface area contributed by atoms with Crippen LogP contribution in [0.1, 0.15) is 29.3 Å². The van der Waals surface area contributed by atoms with Crippen LogP contribution in [0, 0.1) is 0 Å². The Labute approximate surface area is 156 Å². The van der Waals surface area contributed by atoms with Gasteiger partial charge in [0, 0.05) is 12.1 Å². The minimum absolute atomic E-state index is 0.0596. The van der Waals surface area contributed by atoms with Gasteiger partial charge in [-0.15, -0.1) is 0 Å². The number of carbonyl (C=O) groups excluding carboxylic acids is 2. The molecule has 3 rings (SSSR count). The van der Waals surface area contributed by atoms with Gasteiger partial charge in [-0.1, -0.05) is 30.7 Å². The van der Waals surface area contributed by atoms with Crippen LogP contribution in [0.15, 0.2) is 42.5 Å². The molecule has 6 nitrogen and oxygen atoms in total. The van der Waals surface area contributed by atoms with Crippen molar-refractivity contribution in [1.29, 1.82) is 0 Å². The van der Waals surface area contributed by atoms with Gasteiger partial charge in [-0.25, -0.2) is 12.7 Å². The number of rotatable bonds is 4. The average molecular weight is 393 g/mol. The highest BCUT2D eigenvalue weighted by molar-refractivity contribution is 7.94. The number of sulfonamides is 1. The normalized spacial score (nSPS) is 15.9. The summed E-state index contributed by atoms with van der Waals surface area (Å²) in [5.41, 5.74) is 2.12. The van der Waals surface area contributed by atoms with Gasteiger partial charge in [-0.05, 0) is 42.3 Å². The molecule has 0 bridgehead atoms. The third-order valence-electron chi connectivity index (χ3n) is 4.13. The largest absolute Gasteiger partial charge is 0.322 e. The fourth-order valence-electron chi connectivity index (χ4n) is 2.71. The second-order valence-corrected chi connectivity index (χ2v) is 8.24. The molecule has 2 amide bonds. The van der Waals surface area contributed by atoms with Crippen LogP contribution in [0.3, 0.4) is 0 Å². The molecule has 1 aliphatic heterocycles. The standard InChI is InChI=1S/C18H17ClN2O4S/c1-2-12-3-5-13(6-4-12)20-18(23)15-8-7-14(11-16(15)19)21-17(22)9-10-26(21,24)25/h3-8,11H,2,9-10H2,1H3,(H,20,23). The molecule has 136 valence electrons. The Bertz CT molecular complexity index is 971. The van der Waals surface area contributed by atoms with Crippen molar-refractivity contribution in [2.45, 2.75) is 19.8 Å². The lowest BCUT2D eigenvalue weighted by molar-refractivity contribution is -0.116. The lowest BCUT2D eigenvalue weighted by Gasteiger charge is -2.16. The van der Waals surface area contributed by atoms with Crippen molar-refractivity contribution in [3.05, 3.63) is 58.6 Å². The van der Waals surface area contributed by atoms with Gasteiger partial charge in [-0.2, -0.15) is 0 Å². The first-order chi connectivity index (χ1) is 12.3. The van der Waals surface area contributed by atoms with Gasteiger partial charge in [-0.3, -0.25) is 9.59 Å². The van der Waals surface area contributed by atoms with Gasteiger partial charge in [0.05, 0.1) is 22.0 Å². The van der Waals surface area contributed by atoms with Gasteiger partial charge >= 0.3 is 0 Å². The maximum atomic E-state index is 12.4. The highest BCUT2D eigenvalue weighted by atomic mass is 35.5. The first kappa shape index (κ1) is 18.4. The Kier molecular flexibility index (Phi) is 5.02. The summed E-state index contributed by atoms with van der Waals surface area (Å²) in [4.78, 5) is 24.3. The van der Waals surface area contributed by atoms with E-state index in [4.69, 9.17) is 11.6 Å². The predicted octanol–water partition coefficient (Wildman–Crippen LogP) is 3.22. The molecular formula is C18H17ClN2O4S. The first-order valence-electron chi connectivity index (χ1n) is 8.07. The number of aryl methyl sites for hydroxylation is 1. The van der Waals surface area contributed by atoms with Crippen LogP contribution < -0.4 is 9.62 Å². The maximum absolute atomic E-state index is 12.4. The molecule has 1 aliphatic rings. The Morgan fingerprint density at radius 3 is 2.42 bits per heavy atom. The number of halogens is 1. The summed E-state index contributed by atoms with van der Waals surface area (Å²) in [6.45, 7) is 2.04. The number of hydrogen-bond donors (Lipinski definition) is 1. The first-order valence-corrected chi connectivity index (χ1v) is 10.1. The summed E-state index contributed by atoms with van der Waals surface area (Å²) in [5.74, 6) is -1.14. The molecule has 1 saturated heterocycles. The summed E-state index contributed by atoms with van der Waals surface area (Å²) >= 11 is 6.16. The van der Waals surface area contributed by atoms with Crippen molar-refractivity contribution in [2.24, 2.45) is 0 Å². The van der Waals surface area contributed by atoms with Crippen LogP contribution >= 0.6 is 11.6 Å². The number of nitrogens with one attached hydrogen (secondary N) is 1. The summed E-state index contributed by atoms with van der Waals surface area (Å²) in [6.07, 6.45) is 0.843. The quantitative estimate of drug-likeness (QED) is 0.865. The van der Waals surface area contributed by atoms with E-state index in [1.807, 2.05) is 19.1 Å². The summed E-state index contributed by atoms with van der Waals surface area (Å²) in [5, 5.41) is 2.81. The Morgan fingerprint density at radius 2 is 1.88 bits per heavy atom. The zero-order valence-corrected chi connectivity index (χ0v) is 15.6. The molecule has 0 radical (unpaired) electrons. The van der Waals surface area contributed by atoms with E-state index in [9.17, 15) is 18.0 Å². The molecule has 0 aromatic heterocycles. The van der Waals surface area contributed by atoms with Gasteiger partial charge < -0.3 is 5.32 Å². The van der Waals surface area contributed by atoms with Crippen molar-refractivity contribution in [3.63, 3.8) is 0 Å². The lowest BCUT2D eigenvalue weighted by atomic mass is 10.1. The molecule has 0 spiro atoms. The number of carbonyl (C=O) groups is 2. The van der Waals surface area contributed by atoms with Crippen LogP contribution in [0.25, 0.3) is 0 Å². The molecule has 0 aliphatic carbocycles. The third kappa shape index (κ3) is 3.59.